The summed E-state index contributed by atoms with van der Waals surface area (Å²) in [5, 5.41) is 2.82. The number of carbonyl (C=O) groups excluding carboxylic acids is 1. The van der Waals surface area contributed by atoms with Crippen molar-refractivity contribution in [3.05, 3.63) is 45.7 Å². The molecule has 3 aromatic rings. The van der Waals surface area contributed by atoms with Crippen LogP contribution in [0.15, 0.2) is 18.5 Å². The van der Waals surface area contributed by atoms with Crippen LogP contribution in [0.5, 0.6) is 0 Å². The number of fused-ring (bicyclic) bond motifs is 1. The average molecular weight is 441 g/mol. The number of carbonyl (C=O) groups is 1. The topological polar surface area (TPSA) is 108 Å². The number of nitrogen functional groups attached to an aromatic ring is 1. The highest BCUT2D eigenvalue weighted by Gasteiger charge is 2.12. The predicted molar refractivity (Wildman–Crippen MR) is 108 cm³/mol. The number of amides is 1. The molecule has 0 aliphatic heterocycles. The van der Waals surface area contributed by atoms with Crippen molar-refractivity contribution in [2.45, 2.75) is 32.9 Å². The highest BCUT2D eigenvalue weighted by atomic mass is 35.5. The van der Waals surface area contributed by atoms with Crippen molar-refractivity contribution < 1.29 is 13.9 Å². The zero-order chi connectivity index (χ0) is 21.0. The molecular formula is C18H19Cl2FN6O2. The molecule has 0 aliphatic carbocycles. The number of nitrogens with zero attached hydrogens (tertiary/aromatic N) is 4. The largest absolute Gasteiger partial charge is 0.450 e. The van der Waals surface area contributed by atoms with Crippen molar-refractivity contribution in [1.82, 2.24) is 24.8 Å². The Balaban J connectivity index is 1.42. The van der Waals surface area contributed by atoms with Gasteiger partial charge in [-0.1, -0.05) is 17.7 Å². The molecule has 0 radical (unpaired) electrons. The van der Waals surface area contributed by atoms with Gasteiger partial charge in [-0.05, 0) is 43.0 Å². The minimum absolute atomic E-state index is 0.0475. The number of halogens is 3. The Bertz CT molecular complexity index is 1040. The normalized spacial score (nSPS) is 11.0. The first-order chi connectivity index (χ1) is 13.9. The molecule has 8 nitrogen and oxygen atoms in total. The molecule has 11 heteroatoms. The summed E-state index contributed by atoms with van der Waals surface area (Å²) in [5.41, 5.74) is 7.51. The maximum Gasteiger partial charge on any atom is 0.407 e. The fourth-order valence-electron chi connectivity index (χ4n) is 2.74. The summed E-state index contributed by atoms with van der Waals surface area (Å²) < 4.78 is 21.0. The summed E-state index contributed by atoms with van der Waals surface area (Å²) >= 11 is 11.8. The first-order valence-corrected chi connectivity index (χ1v) is 9.60. The number of rotatable bonds is 7. The molecule has 2 heterocycles. The molecule has 0 aliphatic rings. The predicted octanol–water partition coefficient (Wildman–Crippen LogP) is 3.87. The highest BCUT2D eigenvalue weighted by molar-refractivity contribution is 6.31. The van der Waals surface area contributed by atoms with Gasteiger partial charge in [-0.3, -0.25) is 0 Å². The molecule has 2 aromatic heterocycles. The van der Waals surface area contributed by atoms with Crippen LogP contribution in [0.1, 0.15) is 24.0 Å². The van der Waals surface area contributed by atoms with E-state index in [1.807, 2.05) is 4.57 Å². The average Bonchev–Trinajstić information content (AvgIpc) is 3.07. The Morgan fingerprint density at radius 3 is 2.90 bits per heavy atom. The van der Waals surface area contributed by atoms with Crippen LogP contribution in [0.2, 0.25) is 10.3 Å². The number of unbranched alkanes of at least 4 members (excludes halogenated alkanes) is 1. The molecule has 0 spiro atoms. The van der Waals surface area contributed by atoms with Crippen molar-refractivity contribution >= 4 is 46.3 Å². The molecule has 1 amide bonds. The number of imidazole rings is 1. The number of aryl methyl sites for hydroxylation is 2. The van der Waals surface area contributed by atoms with Crippen LogP contribution in [-0.2, 0) is 17.8 Å². The van der Waals surface area contributed by atoms with Crippen molar-refractivity contribution in [1.29, 1.82) is 0 Å². The zero-order valence-corrected chi connectivity index (χ0v) is 17.1. The smallest absolute Gasteiger partial charge is 0.407 e. The van der Waals surface area contributed by atoms with E-state index in [4.69, 9.17) is 33.7 Å². The maximum atomic E-state index is 14.1. The van der Waals surface area contributed by atoms with Crippen molar-refractivity contribution in [2.75, 3.05) is 12.3 Å². The van der Waals surface area contributed by atoms with Crippen molar-refractivity contribution in [3.8, 4) is 0 Å². The third kappa shape index (κ3) is 5.04. The van der Waals surface area contributed by atoms with Crippen LogP contribution >= 0.6 is 23.2 Å². The van der Waals surface area contributed by atoms with Gasteiger partial charge in [-0.2, -0.15) is 9.97 Å². The summed E-state index contributed by atoms with van der Waals surface area (Å²) in [7, 11) is 0. The van der Waals surface area contributed by atoms with Crippen molar-refractivity contribution in [3.63, 3.8) is 0 Å². The second-order valence-corrected chi connectivity index (χ2v) is 7.09. The highest BCUT2D eigenvalue weighted by Crippen LogP contribution is 2.22. The second kappa shape index (κ2) is 9.23. The Morgan fingerprint density at radius 2 is 2.10 bits per heavy atom. The maximum absolute atomic E-state index is 14.1. The Hall–Kier alpha value is -2.65. The van der Waals surface area contributed by atoms with E-state index >= 15 is 0 Å². The van der Waals surface area contributed by atoms with Crippen LogP contribution in [0.4, 0.5) is 15.0 Å². The molecule has 3 N–H and O–H groups in total. The quantitative estimate of drug-likeness (QED) is 0.426. The molecule has 0 atom stereocenters. The third-order valence-electron chi connectivity index (χ3n) is 4.28. The molecule has 154 valence electrons. The van der Waals surface area contributed by atoms with E-state index in [2.05, 4.69) is 20.3 Å². The molecule has 3 rings (SSSR count). The summed E-state index contributed by atoms with van der Waals surface area (Å²) in [5.74, 6) is -0.209. The summed E-state index contributed by atoms with van der Waals surface area (Å²) in [6.07, 6.45) is 2.29. The minimum Gasteiger partial charge on any atom is -0.450 e. The molecule has 29 heavy (non-hydrogen) atoms. The Kier molecular flexibility index (Phi) is 6.71. The van der Waals surface area contributed by atoms with Crippen molar-refractivity contribution in [2.24, 2.45) is 0 Å². The molecule has 0 saturated carbocycles. The van der Waals surface area contributed by atoms with Gasteiger partial charge in [0.15, 0.2) is 11.5 Å². The van der Waals surface area contributed by atoms with Crippen LogP contribution in [0.3, 0.4) is 0 Å². The van der Waals surface area contributed by atoms with Gasteiger partial charge in [0, 0.05) is 17.1 Å². The number of ether oxygens (including phenoxy) is 1. The lowest BCUT2D eigenvalue weighted by Gasteiger charge is -2.10. The number of benzene rings is 1. The fourth-order valence-corrected chi connectivity index (χ4v) is 3.12. The standard InChI is InChI=1S/C18H19Cl2FN6O2/c1-10-4-5-12(19)11(13(10)21)8-23-18(28)29-7-3-2-6-27-9-24-14-15(22)25-17(20)26-16(14)27/h4-5,9H,2-3,6-8H2,1H3,(H,23,28)(H2,22,25,26). The summed E-state index contributed by atoms with van der Waals surface area (Å²) in [6.45, 7) is 2.39. The zero-order valence-electron chi connectivity index (χ0n) is 15.6. The van der Waals surface area contributed by atoms with Gasteiger partial charge in [0.1, 0.15) is 11.3 Å². The van der Waals surface area contributed by atoms with Gasteiger partial charge in [-0.15, -0.1) is 0 Å². The number of hydrogen-bond acceptors (Lipinski definition) is 6. The Morgan fingerprint density at radius 1 is 1.31 bits per heavy atom. The SMILES string of the molecule is Cc1ccc(Cl)c(CNC(=O)OCCCCn2cnc3c(N)nc(Cl)nc32)c1F. The van der Waals surface area contributed by atoms with Gasteiger partial charge >= 0.3 is 6.09 Å². The molecular weight excluding hydrogens is 422 g/mol. The molecule has 0 fully saturated rings. The number of aromatic nitrogens is 4. The van der Waals surface area contributed by atoms with Crippen LogP contribution in [0.25, 0.3) is 11.2 Å². The summed E-state index contributed by atoms with van der Waals surface area (Å²) in [6, 6.07) is 3.17. The van der Waals surface area contributed by atoms with E-state index < -0.39 is 11.9 Å². The molecule has 0 bridgehead atoms. The number of alkyl carbamates (subject to hydrolysis) is 1. The third-order valence-corrected chi connectivity index (χ3v) is 4.80. The molecule has 0 unspecified atom stereocenters. The van der Waals surface area contributed by atoms with Gasteiger partial charge in [0.05, 0.1) is 19.5 Å². The van der Waals surface area contributed by atoms with E-state index in [1.54, 1.807) is 25.4 Å². The van der Waals surface area contributed by atoms with Crippen LogP contribution < -0.4 is 11.1 Å². The number of nitrogens with two attached hydrogens (primary N) is 1. The minimum atomic E-state index is -0.637. The molecule has 0 saturated heterocycles. The van der Waals surface area contributed by atoms with E-state index in [9.17, 15) is 9.18 Å². The second-order valence-electron chi connectivity index (χ2n) is 6.34. The van der Waals surface area contributed by atoms with Gasteiger partial charge in [-0.25, -0.2) is 14.2 Å². The monoisotopic (exact) mass is 440 g/mol. The molecule has 1 aromatic carbocycles. The van der Waals surface area contributed by atoms with E-state index in [0.717, 1.165) is 0 Å². The fraction of sp³-hybridized carbons (Fsp3) is 0.333. The lowest BCUT2D eigenvalue weighted by molar-refractivity contribution is 0.143. The summed E-state index contributed by atoms with van der Waals surface area (Å²) in [4.78, 5) is 24.0. The van der Waals surface area contributed by atoms with Gasteiger partial charge < -0.3 is 20.4 Å². The van der Waals surface area contributed by atoms with Gasteiger partial charge in [0.25, 0.3) is 0 Å². The van der Waals surface area contributed by atoms with Gasteiger partial charge in [0.2, 0.25) is 5.28 Å². The first-order valence-electron chi connectivity index (χ1n) is 8.84. The van der Waals surface area contributed by atoms with E-state index in [0.29, 0.717) is 36.1 Å². The number of hydrogen-bond donors (Lipinski definition) is 2. The Labute approximate surface area is 176 Å². The number of anilines is 1. The first kappa shape index (κ1) is 21.1. The van der Waals surface area contributed by atoms with Crippen LogP contribution in [-0.4, -0.2) is 32.2 Å². The lowest BCUT2D eigenvalue weighted by Crippen LogP contribution is -2.25. The number of nitrogens with one attached hydrogen (secondary N) is 1. The van der Waals surface area contributed by atoms with E-state index in [-0.39, 0.29) is 34.8 Å². The van der Waals surface area contributed by atoms with E-state index in [1.165, 1.54) is 0 Å². The lowest BCUT2D eigenvalue weighted by atomic mass is 10.1. The van der Waals surface area contributed by atoms with Crippen LogP contribution in [0, 0.1) is 12.7 Å².